The normalized spacial score (nSPS) is 14.5. The number of ether oxygens (including phenoxy) is 2. The van der Waals surface area contributed by atoms with Gasteiger partial charge in [-0.05, 0) is 107 Å². The molecule has 7 aromatic rings. The molecule has 5 heteroatoms. The van der Waals surface area contributed by atoms with E-state index in [1.807, 2.05) is 0 Å². The van der Waals surface area contributed by atoms with Crippen LogP contribution in [0, 0.1) is 13.8 Å². The van der Waals surface area contributed by atoms with Gasteiger partial charge >= 0.3 is 0 Å². The lowest BCUT2D eigenvalue weighted by atomic mass is 9.34. The van der Waals surface area contributed by atoms with Gasteiger partial charge in [-0.1, -0.05) is 153 Å². The fourth-order valence-corrected chi connectivity index (χ4v) is 10.7. The van der Waals surface area contributed by atoms with Crippen molar-refractivity contribution in [1.29, 1.82) is 0 Å². The Hall–Kier alpha value is -5.78. The van der Waals surface area contributed by atoms with E-state index < -0.39 is 8.07 Å². The largest absolute Gasteiger partial charge is 0.458 e. The predicted molar refractivity (Wildman–Crippen MR) is 248 cm³/mol. The first-order chi connectivity index (χ1) is 28.2. The van der Waals surface area contributed by atoms with Gasteiger partial charge in [0, 0.05) is 29.0 Å². The Balaban J connectivity index is 1.20. The van der Waals surface area contributed by atoms with Gasteiger partial charge in [-0.2, -0.15) is 0 Å². The summed E-state index contributed by atoms with van der Waals surface area (Å²) in [6.07, 6.45) is 6.47. The summed E-state index contributed by atoms with van der Waals surface area (Å²) in [5, 5.41) is 1.44. The maximum atomic E-state index is 7.11. The quantitative estimate of drug-likeness (QED) is 0.151. The van der Waals surface area contributed by atoms with Gasteiger partial charge in [0.25, 0.3) is 6.71 Å². The molecular formula is C53H50BNO2Si. The van der Waals surface area contributed by atoms with E-state index in [-0.39, 0.29) is 6.71 Å². The van der Waals surface area contributed by atoms with E-state index in [1.165, 1.54) is 76.5 Å². The number of benzene rings is 7. The number of aryl methyl sites for hydroxylation is 2. The number of rotatable bonds is 7. The molecule has 10 rings (SSSR count). The van der Waals surface area contributed by atoms with Crippen LogP contribution in [-0.4, -0.2) is 14.8 Å². The number of fused-ring (bicyclic) bond motifs is 4. The van der Waals surface area contributed by atoms with E-state index >= 15 is 0 Å². The first-order valence-electron chi connectivity index (χ1n) is 21.1. The van der Waals surface area contributed by atoms with Crippen LogP contribution in [0.3, 0.4) is 0 Å². The van der Waals surface area contributed by atoms with Crippen LogP contribution in [0.4, 0.5) is 17.1 Å². The van der Waals surface area contributed by atoms with Crippen LogP contribution in [0.1, 0.15) is 54.7 Å². The molecule has 0 spiro atoms. The van der Waals surface area contributed by atoms with E-state index in [2.05, 4.69) is 184 Å². The van der Waals surface area contributed by atoms with Gasteiger partial charge in [0.15, 0.2) is 0 Å². The fourth-order valence-electron chi connectivity index (χ4n) is 9.51. The lowest BCUT2D eigenvalue weighted by Crippen LogP contribution is -2.57. The zero-order chi connectivity index (χ0) is 39.5. The molecular weight excluding hydrogens is 721 g/mol. The van der Waals surface area contributed by atoms with Crippen LogP contribution in [0.5, 0.6) is 23.0 Å². The number of hydrogen-bond acceptors (Lipinski definition) is 3. The second-order valence-electron chi connectivity index (χ2n) is 17.7. The molecule has 0 atom stereocenters. The van der Waals surface area contributed by atoms with Gasteiger partial charge in [0.1, 0.15) is 23.0 Å². The van der Waals surface area contributed by atoms with Crippen molar-refractivity contribution < 1.29 is 9.47 Å². The molecule has 0 unspecified atom stereocenters. The Kier molecular flexibility index (Phi) is 9.17. The summed E-state index contributed by atoms with van der Waals surface area (Å²) >= 11 is 0. The number of hydrogen-bond donors (Lipinski definition) is 0. The Bertz CT molecular complexity index is 2570. The van der Waals surface area contributed by atoms with Crippen molar-refractivity contribution in [2.24, 2.45) is 0 Å². The van der Waals surface area contributed by atoms with Crippen molar-refractivity contribution in [2.75, 3.05) is 4.90 Å². The highest BCUT2D eigenvalue weighted by molar-refractivity contribution is 6.98. The summed E-state index contributed by atoms with van der Waals surface area (Å²) in [5.41, 5.74) is 15.4. The van der Waals surface area contributed by atoms with E-state index in [1.54, 1.807) is 0 Å². The molecule has 2 aliphatic heterocycles. The average Bonchev–Trinajstić information content (AvgIpc) is 3.25. The Labute approximate surface area is 345 Å². The minimum atomic E-state index is -1.65. The topological polar surface area (TPSA) is 21.7 Å². The lowest BCUT2D eigenvalue weighted by Gasteiger charge is -2.36. The first kappa shape index (κ1) is 36.6. The van der Waals surface area contributed by atoms with Crippen LogP contribution < -0.4 is 35.9 Å². The summed E-state index contributed by atoms with van der Waals surface area (Å²) in [5.74, 6) is 4.06. The smallest absolute Gasteiger partial charge is 0.260 e. The van der Waals surface area contributed by atoms with E-state index in [0.29, 0.717) is 5.92 Å². The van der Waals surface area contributed by atoms with Crippen LogP contribution in [0.15, 0.2) is 146 Å². The van der Waals surface area contributed by atoms with Crippen molar-refractivity contribution in [3.8, 4) is 45.3 Å². The van der Waals surface area contributed by atoms with Gasteiger partial charge in [-0.3, -0.25) is 0 Å². The molecule has 3 nitrogen and oxygen atoms in total. The van der Waals surface area contributed by atoms with Crippen molar-refractivity contribution in [3.63, 3.8) is 0 Å². The molecule has 1 aliphatic carbocycles. The highest BCUT2D eigenvalue weighted by atomic mass is 28.3. The molecule has 0 bridgehead atoms. The molecule has 0 N–H and O–H groups in total. The SMILES string of the molecule is Cc1ccc(C2CCCCC2)cc1N(c1cc2c3c(c1)Oc1cc(-c4ccccc4)ccc1B3c1ccc(-c3ccccc3)cc1O2)c1cc([Si](C)(C)C)ccc1C. The molecule has 58 heavy (non-hydrogen) atoms. The Morgan fingerprint density at radius 2 is 1.05 bits per heavy atom. The van der Waals surface area contributed by atoms with Crippen molar-refractivity contribution in [1.82, 2.24) is 0 Å². The molecule has 1 saturated carbocycles. The molecule has 0 aromatic heterocycles. The highest BCUT2D eigenvalue weighted by Gasteiger charge is 2.41. The molecule has 1 fully saturated rings. The fraction of sp³-hybridized carbons (Fsp3) is 0.208. The Morgan fingerprint density at radius 3 is 1.60 bits per heavy atom. The molecule has 7 aromatic carbocycles. The van der Waals surface area contributed by atoms with Gasteiger partial charge in [-0.25, -0.2) is 0 Å². The molecule has 3 aliphatic rings. The third-order valence-corrected chi connectivity index (χ3v) is 14.8. The monoisotopic (exact) mass is 771 g/mol. The maximum Gasteiger partial charge on any atom is 0.260 e. The standard InChI is InChI=1S/C53H50BNO2Si/c1-35-21-23-40(37-15-9-6-10-16-37)29-47(35)55(48-34-44(58(3,4)5)26-22-36(48)2)43-32-51-53-52(33-43)57-50-31-42(39-19-13-8-14-20-39)25-28-46(50)54(53)45-27-24-41(30-49(45)56-51)38-17-11-7-12-18-38/h7-8,11-14,17-34,37H,6,9-10,15-16H2,1-5H3. The lowest BCUT2D eigenvalue weighted by molar-refractivity contribution is 0.443. The summed E-state index contributed by atoms with van der Waals surface area (Å²) < 4.78 is 14.2. The molecule has 0 saturated heterocycles. The maximum absolute atomic E-state index is 7.11. The molecule has 2 heterocycles. The van der Waals surface area contributed by atoms with Crippen molar-refractivity contribution in [2.45, 2.75) is 71.5 Å². The van der Waals surface area contributed by atoms with Crippen LogP contribution in [-0.2, 0) is 0 Å². The number of anilines is 3. The summed E-state index contributed by atoms with van der Waals surface area (Å²) in [4.78, 5) is 2.50. The third kappa shape index (κ3) is 6.56. The van der Waals surface area contributed by atoms with E-state index in [9.17, 15) is 0 Å². The molecule has 286 valence electrons. The summed E-state index contributed by atoms with van der Waals surface area (Å²) in [7, 11) is -1.65. The average molecular weight is 772 g/mol. The number of nitrogens with zero attached hydrogens (tertiary/aromatic N) is 1. The summed E-state index contributed by atoms with van der Waals surface area (Å²) in [6.45, 7) is 11.8. The highest BCUT2D eigenvalue weighted by Crippen LogP contribution is 2.46. The Morgan fingerprint density at radius 1 is 0.517 bits per heavy atom. The third-order valence-electron chi connectivity index (χ3n) is 12.8. The minimum Gasteiger partial charge on any atom is -0.458 e. The zero-order valence-corrected chi connectivity index (χ0v) is 35.3. The zero-order valence-electron chi connectivity index (χ0n) is 34.3. The van der Waals surface area contributed by atoms with Crippen molar-refractivity contribution >= 4 is 53.4 Å². The first-order valence-corrected chi connectivity index (χ1v) is 24.6. The van der Waals surface area contributed by atoms with Gasteiger partial charge in [0.2, 0.25) is 0 Å². The van der Waals surface area contributed by atoms with Crippen LogP contribution in [0.25, 0.3) is 22.3 Å². The van der Waals surface area contributed by atoms with Gasteiger partial charge in [-0.15, -0.1) is 0 Å². The molecule has 0 radical (unpaired) electrons. The van der Waals surface area contributed by atoms with Crippen LogP contribution in [0.2, 0.25) is 19.6 Å². The van der Waals surface area contributed by atoms with Gasteiger partial charge in [0.05, 0.1) is 13.8 Å². The predicted octanol–water partition coefficient (Wildman–Crippen LogP) is 12.4. The van der Waals surface area contributed by atoms with E-state index in [4.69, 9.17) is 9.47 Å². The van der Waals surface area contributed by atoms with E-state index in [0.717, 1.165) is 56.2 Å². The second-order valence-corrected chi connectivity index (χ2v) is 22.8. The minimum absolute atomic E-state index is 0.0389. The molecule has 0 amide bonds. The van der Waals surface area contributed by atoms with Crippen molar-refractivity contribution in [3.05, 3.63) is 162 Å². The second kappa shape index (κ2) is 14.6. The van der Waals surface area contributed by atoms with Gasteiger partial charge < -0.3 is 14.4 Å². The van der Waals surface area contributed by atoms with Crippen LogP contribution >= 0.6 is 0 Å². The summed E-state index contributed by atoms with van der Waals surface area (Å²) in [6, 6.07) is 53.6.